The van der Waals surface area contributed by atoms with Gasteiger partial charge in [-0.1, -0.05) is 24.3 Å². The van der Waals surface area contributed by atoms with Gasteiger partial charge in [-0.25, -0.2) is 4.79 Å². The highest BCUT2D eigenvalue weighted by Gasteiger charge is 2.29. The molecule has 92 valence electrons. The predicted octanol–water partition coefficient (Wildman–Crippen LogP) is -0.0396. The van der Waals surface area contributed by atoms with Crippen molar-refractivity contribution >= 4 is 13.1 Å². The first kappa shape index (κ1) is 13.7. The Hall–Kier alpha value is -1.37. The third kappa shape index (κ3) is 3.56. The Morgan fingerprint density at radius 2 is 1.88 bits per heavy atom. The first-order chi connectivity index (χ1) is 7.84. The molecule has 0 spiro atoms. The van der Waals surface area contributed by atoms with Crippen LogP contribution in [0.5, 0.6) is 0 Å². The summed E-state index contributed by atoms with van der Waals surface area (Å²) >= 11 is 0. The zero-order chi connectivity index (χ0) is 13.1. The van der Waals surface area contributed by atoms with Crippen LogP contribution < -0.4 is 5.73 Å². The molecule has 6 heteroatoms. The van der Waals surface area contributed by atoms with E-state index in [1.54, 1.807) is 24.3 Å². The summed E-state index contributed by atoms with van der Waals surface area (Å²) in [5, 5.41) is 26.4. The molecule has 0 fully saturated rings. The third-order valence-corrected chi connectivity index (χ3v) is 2.69. The van der Waals surface area contributed by atoms with E-state index in [1.807, 2.05) is 0 Å². The molecular formula is C11H16BNO4. The van der Waals surface area contributed by atoms with E-state index in [4.69, 9.17) is 20.9 Å². The molecule has 5 N–H and O–H groups in total. The third-order valence-electron chi connectivity index (χ3n) is 2.69. The summed E-state index contributed by atoms with van der Waals surface area (Å²) in [4.78, 5) is 10.9. The highest BCUT2D eigenvalue weighted by Crippen LogP contribution is 2.19. The maximum Gasteiger partial charge on any atom is 0.451 e. The largest absolute Gasteiger partial charge is 0.480 e. The standard InChI is InChI=1S/C11H16BNO4/c1-11(13,10(14)15)9-4-2-8(3-5-9)6-7-12(16)17/h2-5,16-17H,6-7,13H2,1H3,(H,14,15)/t11-/m1/s1. The number of hydrogen-bond acceptors (Lipinski definition) is 4. The number of nitrogens with two attached hydrogens (primary N) is 1. The number of hydrogen-bond donors (Lipinski definition) is 4. The Labute approximate surface area is 100 Å². The second-order valence-corrected chi connectivity index (χ2v) is 4.22. The molecule has 0 aliphatic carbocycles. The number of carboxylic acid groups (broad SMARTS) is 1. The molecule has 1 aromatic carbocycles. The van der Waals surface area contributed by atoms with Crippen LogP contribution in [0.3, 0.4) is 0 Å². The SMILES string of the molecule is C[C@](N)(C(=O)O)c1ccc(CCB(O)O)cc1. The predicted molar refractivity (Wildman–Crippen MR) is 64.3 cm³/mol. The molecule has 0 aliphatic heterocycles. The smallest absolute Gasteiger partial charge is 0.451 e. The number of aliphatic carboxylic acids is 1. The number of rotatable bonds is 5. The van der Waals surface area contributed by atoms with E-state index in [-0.39, 0.29) is 6.32 Å². The Kier molecular flexibility index (Phi) is 4.28. The van der Waals surface area contributed by atoms with Crippen LogP contribution in [0, 0.1) is 0 Å². The van der Waals surface area contributed by atoms with Crippen molar-refractivity contribution in [2.45, 2.75) is 25.2 Å². The zero-order valence-corrected chi connectivity index (χ0v) is 9.63. The average Bonchev–Trinajstić information content (AvgIpc) is 2.26. The van der Waals surface area contributed by atoms with E-state index in [2.05, 4.69) is 0 Å². The normalized spacial score (nSPS) is 14.1. The summed E-state index contributed by atoms with van der Waals surface area (Å²) in [7, 11) is -1.33. The Balaban J connectivity index is 2.78. The highest BCUT2D eigenvalue weighted by atomic mass is 16.4. The van der Waals surface area contributed by atoms with Crippen LogP contribution in [0.15, 0.2) is 24.3 Å². The van der Waals surface area contributed by atoms with E-state index in [1.165, 1.54) is 6.92 Å². The lowest BCUT2D eigenvalue weighted by Gasteiger charge is -2.19. The molecule has 0 saturated heterocycles. The topological polar surface area (TPSA) is 104 Å². The van der Waals surface area contributed by atoms with Crippen molar-refractivity contribution in [3.05, 3.63) is 35.4 Å². The van der Waals surface area contributed by atoms with Crippen LogP contribution >= 0.6 is 0 Å². The maximum absolute atomic E-state index is 10.9. The summed E-state index contributed by atoms with van der Waals surface area (Å²) < 4.78 is 0. The molecule has 0 bridgehead atoms. The van der Waals surface area contributed by atoms with Crippen LogP contribution in [-0.4, -0.2) is 28.2 Å². The van der Waals surface area contributed by atoms with Crippen molar-refractivity contribution in [2.75, 3.05) is 0 Å². The molecule has 0 aliphatic rings. The lowest BCUT2D eigenvalue weighted by Crippen LogP contribution is -2.41. The maximum atomic E-state index is 10.9. The molecule has 0 heterocycles. The summed E-state index contributed by atoms with van der Waals surface area (Å²) in [6, 6.07) is 6.78. The van der Waals surface area contributed by atoms with Gasteiger partial charge in [-0.05, 0) is 30.8 Å². The van der Waals surface area contributed by atoms with Crippen LogP contribution in [-0.2, 0) is 16.8 Å². The van der Waals surface area contributed by atoms with E-state index < -0.39 is 18.6 Å². The first-order valence-electron chi connectivity index (χ1n) is 5.32. The molecule has 0 aromatic heterocycles. The van der Waals surface area contributed by atoms with Crippen LogP contribution in [0.4, 0.5) is 0 Å². The van der Waals surface area contributed by atoms with Crippen LogP contribution in [0.2, 0.25) is 6.32 Å². The number of aryl methyl sites for hydroxylation is 1. The number of carboxylic acids is 1. The quantitative estimate of drug-likeness (QED) is 0.538. The molecule has 1 atom stereocenters. The van der Waals surface area contributed by atoms with E-state index in [0.29, 0.717) is 12.0 Å². The lowest BCUT2D eigenvalue weighted by atomic mass is 9.82. The minimum atomic E-state index is -1.41. The Morgan fingerprint density at radius 1 is 1.35 bits per heavy atom. The molecule has 0 unspecified atom stereocenters. The van der Waals surface area contributed by atoms with Crippen molar-refractivity contribution in [1.29, 1.82) is 0 Å². The molecule has 0 amide bonds. The van der Waals surface area contributed by atoms with Gasteiger partial charge in [0.2, 0.25) is 0 Å². The molecule has 5 nitrogen and oxygen atoms in total. The van der Waals surface area contributed by atoms with Gasteiger partial charge in [-0.15, -0.1) is 0 Å². The van der Waals surface area contributed by atoms with Gasteiger partial charge in [-0.3, -0.25) is 0 Å². The van der Waals surface area contributed by atoms with E-state index in [0.717, 1.165) is 5.56 Å². The zero-order valence-electron chi connectivity index (χ0n) is 9.63. The van der Waals surface area contributed by atoms with Gasteiger partial charge in [0.05, 0.1) is 0 Å². The second-order valence-electron chi connectivity index (χ2n) is 4.22. The van der Waals surface area contributed by atoms with Crippen molar-refractivity contribution in [3.63, 3.8) is 0 Å². The Morgan fingerprint density at radius 3 is 2.29 bits per heavy atom. The number of benzene rings is 1. The van der Waals surface area contributed by atoms with Crippen molar-refractivity contribution in [1.82, 2.24) is 0 Å². The van der Waals surface area contributed by atoms with Crippen molar-refractivity contribution in [2.24, 2.45) is 5.73 Å². The van der Waals surface area contributed by atoms with E-state index in [9.17, 15) is 4.79 Å². The van der Waals surface area contributed by atoms with Crippen LogP contribution in [0.1, 0.15) is 18.1 Å². The molecule has 0 saturated carbocycles. The van der Waals surface area contributed by atoms with Gasteiger partial charge in [0, 0.05) is 0 Å². The fraction of sp³-hybridized carbons (Fsp3) is 0.364. The van der Waals surface area contributed by atoms with Gasteiger partial charge in [-0.2, -0.15) is 0 Å². The van der Waals surface area contributed by atoms with Gasteiger partial charge < -0.3 is 20.9 Å². The molecular weight excluding hydrogens is 221 g/mol. The number of carbonyl (C=O) groups is 1. The van der Waals surface area contributed by atoms with E-state index >= 15 is 0 Å². The molecule has 1 aromatic rings. The monoisotopic (exact) mass is 237 g/mol. The highest BCUT2D eigenvalue weighted by molar-refractivity contribution is 6.40. The fourth-order valence-electron chi connectivity index (χ4n) is 1.44. The lowest BCUT2D eigenvalue weighted by molar-refractivity contribution is -0.143. The van der Waals surface area contributed by atoms with Gasteiger partial charge in [0.1, 0.15) is 5.54 Å². The summed E-state index contributed by atoms with van der Waals surface area (Å²) in [6.45, 7) is 1.43. The molecule has 17 heavy (non-hydrogen) atoms. The average molecular weight is 237 g/mol. The second kappa shape index (κ2) is 5.31. The minimum absolute atomic E-state index is 0.248. The summed E-state index contributed by atoms with van der Waals surface area (Å²) in [6.07, 6.45) is 0.768. The Bertz CT molecular complexity index is 389. The summed E-state index contributed by atoms with van der Waals surface area (Å²) in [5.74, 6) is -1.09. The van der Waals surface area contributed by atoms with Crippen molar-refractivity contribution in [3.8, 4) is 0 Å². The van der Waals surface area contributed by atoms with Gasteiger partial charge >= 0.3 is 13.1 Å². The molecule has 1 rings (SSSR count). The van der Waals surface area contributed by atoms with Gasteiger partial charge in [0.25, 0.3) is 0 Å². The van der Waals surface area contributed by atoms with Gasteiger partial charge in [0.15, 0.2) is 0 Å². The molecule has 0 radical (unpaired) electrons. The fourth-order valence-corrected chi connectivity index (χ4v) is 1.44. The van der Waals surface area contributed by atoms with Crippen LogP contribution in [0.25, 0.3) is 0 Å². The summed E-state index contributed by atoms with van der Waals surface area (Å²) in [5.41, 5.74) is 5.68. The first-order valence-corrected chi connectivity index (χ1v) is 5.32. The minimum Gasteiger partial charge on any atom is -0.480 e. The van der Waals surface area contributed by atoms with Crippen molar-refractivity contribution < 1.29 is 19.9 Å².